The maximum absolute atomic E-state index is 13.3. The lowest BCUT2D eigenvalue weighted by atomic mass is 10.0. The Labute approximate surface area is 129 Å². The van der Waals surface area contributed by atoms with E-state index in [4.69, 9.17) is 4.74 Å². The van der Waals surface area contributed by atoms with E-state index in [-0.39, 0.29) is 18.1 Å². The molecule has 0 radical (unpaired) electrons. The molecule has 0 aromatic heterocycles. The number of hydrogen-bond donors (Lipinski definition) is 0. The van der Waals surface area contributed by atoms with Crippen molar-refractivity contribution in [2.75, 3.05) is 13.2 Å². The van der Waals surface area contributed by atoms with E-state index < -0.39 is 5.82 Å². The molecule has 114 valence electrons. The molecule has 1 saturated heterocycles. The van der Waals surface area contributed by atoms with Crippen LogP contribution in [0.4, 0.5) is 4.39 Å². The molecule has 0 aliphatic carbocycles. The van der Waals surface area contributed by atoms with Gasteiger partial charge < -0.3 is 9.64 Å². The van der Waals surface area contributed by atoms with E-state index in [2.05, 4.69) is 0 Å². The van der Waals surface area contributed by atoms with Crippen molar-refractivity contribution in [1.29, 1.82) is 0 Å². The van der Waals surface area contributed by atoms with Gasteiger partial charge in [0.05, 0.1) is 19.2 Å². The minimum absolute atomic E-state index is 0.0317. The molecule has 2 unspecified atom stereocenters. The molecule has 1 amide bonds. The Bertz CT molecular complexity index is 659. The molecule has 22 heavy (non-hydrogen) atoms. The van der Waals surface area contributed by atoms with Crippen LogP contribution in [0.1, 0.15) is 28.9 Å². The van der Waals surface area contributed by atoms with Crippen LogP contribution in [-0.4, -0.2) is 30.0 Å². The average molecular weight is 299 g/mol. The largest absolute Gasteiger partial charge is 0.370 e. The summed E-state index contributed by atoms with van der Waals surface area (Å²) >= 11 is 0. The Hall–Kier alpha value is -2.20. The summed E-state index contributed by atoms with van der Waals surface area (Å²) in [6.45, 7) is 2.89. The Kier molecular flexibility index (Phi) is 4.20. The van der Waals surface area contributed by atoms with Gasteiger partial charge in [-0.15, -0.1) is 0 Å². The SMILES string of the molecule is CC1COC(c2ccccc2)CN1C(=O)c1cccc(F)c1. The summed E-state index contributed by atoms with van der Waals surface area (Å²) < 4.78 is 19.2. The van der Waals surface area contributed by atoms with Crippen molar-refractivity contribution in [3.63, 3.8) is 0 Å². The van der Waals surface area contributed by atoms with Crippen molar-refractivity contribution in [3.05, 3.63) is 71.5 Å². The fraction of sp³-hybridized carbons (Fsp3) is 0.278. The number of nitrogens with zero attached hydrogens (tertiary/aromatic N) is 1. The third-order valence-corrected chi connectivity index (χ3v) is 3.94. The summed E-state index contributed by atoms with van der Waals surface area (Å²) in [4.78, 5) is 14.4. The fourth-order valence-corrected chi connectivity index (χ4v) is 2.70. The van der Waals surface area contributed by atoms with E-state index in [1.807, 2.05) is 37.3 Å². The van der Waals surface area contributed by atoms with Gasteiger partial charge in [0, 0.05) is 5.56 Å². The van der Waals surface area contributed by atoms with Gasteiger partial charge >= 0.3 is 0 Å². The molecule has 4 heteroatoms. The maximum atomic E-state index is 13.3. The van der Waals surface area contributed by atoms with Crippen molar-refractivity contribution < 1.29 is 13.9 Å². The van der Waals surface area contributed by atoms with Crippen LogP contribution >= 0.6 is 0 Å². The van der Waals surface area contributed by atoms with E-state index in [1.54, 1.807) is 17.0 Å². The van der Waals surface area contributed by atoms with Crippen LogP contribution < -0.4 is 0 Å². The van der Waals surface area contributed by atoms with Crippen molar-refractivity contribution in [2.24, 2.45) is 0 Å². The van der Waals surface area contributed by atoms with Gasteiger partial charge in [-0.1, -0.05) is 36.4 Å². The Balaban J connectivity index is 1.81. The highest BCUT2D eigenvalue weighted by atomic mass is 19.1. The number of amides is 1. The van der Waals surface area contributed by atoms with Gasteiger partial charge in [0.25, 0.3) is 5.91 Å². The third-order valence-electron chi connectivity index (χ3n) is 3.94. The molecule has 3 rings (SSSR count). The van der Waals surface area contributed by atoms with Crippen LogP contribution in [0.3, 0.4) is 0 Å². The van der Waals surface area contributed by atoms with Gasteiger partial charge in [-0.2, -0.15) is 0 Å². The third kappa shape index (κ3) is 3.02. The number of halogens is 1. The summed E-state index contributed by atoms with van der Waals surface area (Å²) in [6.07, 6.45) is -0.144. The minimum atomic E-state index is -0.397. The first-order valence-corrected chi connectivity index (χ1v) is 7.38. The molecule has 1 aliphatic rings. The highest BCUT2D eigenvalue weighted by molar-refractivity contribution is 5.94. The number of carbonyl (C=O) groups excluding carboxylic acids is 1. The monoisotopic (exact) mass is 299 g/mol. The van der Waals surface area contributed by atoms with Crippen molar-refractivity contribution in [2.45, 2.75) is 19.1 Å². The predicted octanol–water partition coefficient (Wildman–Crippen LogP) is 3.43. The molecule has 2 atom stereocenters. The zero-order valence-electron chi connectivity index (χ0n) is 12.4. The Morgan fingerprint density at radius 3 is 2.68 bits per heavy atom. The lowest BCUT2D eigenvalue weighted by Crippen LogP contribution is -2.48. The molecule has 3 nitrogen and oxygen atoms in total. The lowest BCUT2D eigenvalue weighted by Gasteiger charge is -2.38. The van der Waals surface area contributed by atoms with Gasteiger partial charge in [-0.25, -0.2) is 4.39 Å². The summed E-state index contributed by atoms with van der Waals surface area (Å²) in [5.41, 5.74) is 1.42. The van der Waals surface area contributed by atoms with E-state index in [0.717, 1.165) is 5.56 Å². The van der Waals surface area contributed by atoms with Crippen LogP contribution in [0, 0.1) is 5.82 Å². The second-order valence-electron chi connectivity index (χ2n) is 5.55. The van der Waals surface area contributed by atoms with Gasteiger partial charge in [-0.05, 0) is 30.7 Å². The number of rotatable bonds is 2. The van der Waals surface area contributed by atoms with E-state index in [9.17, 15) is 9.18 Å². The first kappa shape index (κ1) is 14.7. The normalized spacial score (nSPS) is 21.6. The number of morpholine rings is 1. The van der Waals surface area contributed by atoms with Crippen LogP contribution in [0.2, 0.25) is 0 Å². The molecule has 0 spiro atoms. The zero-order chi connectivity index (χ0) is 15.5. The molecular weight excluding hydrogens is 281 g/mol. The average Bonchev–Trinajstić information content (AvgIpc) is 2.55. The van der Waals surface area contributed by atoms with Gasteiger partial charge in [0.15, 0.2) is 0 Å². The Morgan fingerprint density at radius 1 is 1.18 bits per heavy atom. The molecule has 1 fully saturated rings. The zero-order valence-corrected chi connectivity index (χ0v) is 12.4. The summed E-state index contributed by atoms with van der Waals surface area (Å²) in [5, 5.41) is 0. The summed E-state index contributed by atoms with van der Waals surface area (Å²) in [6, 6.07) is 15.6. The highest BCUT2D eigenvalue weighted by Crippen LogP contribution is 2.26. The van der Waals surface area contributed by atoms with Gasteiger partial charge in [-0.3, -0.25) is 4.79 Å². The van der Waals surface area contributed by atoms with Crippen LogP contribution in [0.25, 0.3) is 0 Å². The van der Waals surface area contributed by atoms with Crippen molar-refractivity contribution in [3.8, 4) is 0 Å². The molecule has 1 heterocycles. The molecule has 2 aromatic carbocycles. The lowest BCUT2D eigenvalue weighted by molar-refractivity contribution is -0.0486. The second-order valence-corrected chi connectivity index (χ2v) is 5.55. The maximum Gasteiger partial charge on any atom is 0.254 e. The molecule has 0 N–H and O–H groups in total. The van der Waals surface area contributed by atoms with Crippen molar-refractivity contribution in [1.82, 2.24) is 4.90 Å². The first-order chi connectivity index (χ1) is 10.6. The van der Waals surface area contributed by atoms with E-state index in [1.165, 1.54) is 12.1 Å². The second kappa shape index (κ2) is 6.28. The van der Waals surface area contributed by atoms with Gasteiger partial charge in [0.2, 0.25) is 0 Å². The quantitative estimate of drug-likeness (QED) is 0.850. The van der Waals surface area contributed by atoms with Crippen LogP contribution in [0.15, 0.2) is 54.6 Å². The van der Waals surface area contributed by atoms with Crippen molar-refractivity contribution >= 4 is 5.91 Å². The number of benzene rings is 2. The molecule has 0 saturated carbocycles. The fourth-order valence-electron chi connectivity index (χ4n) is 2.70. The molecular formula is C18H18FNO2. The smallest absolute Gasteiger partial charge is 0.254 e. The Morgan fingerprint density at radius 2 is 1.95 bits per heavy atom. The molecule has 2 aromatic rings. The first-order valence-electron chi connectivity index (χ1n) is 7.38. The summed E-state index contributed by atoms with van der Waals surface area (Å²) in [5.74, 6) is -0.553. The molecule has 1 aliphatic heterocycles. The number of carbonyl (C=O) groups is 1. The molecule has 0 bridgehead atoms. The minimum Gasteiger partial charge on any atom is -0.370 e. The predicted molar refractivity (Wildman–Crippen MR) is 82.0 cm³/mol. The topological polar surface area (TPSA) is 29.5 Å². The highest BCUT2D eigenvalue weighted by Gasteiger charge is 2.31. The van der Waals surface area contributed by atoms with Crippen LogP contribution in [0.5, 0.6) is 0 Å². The van der Waals surface area contributed by atoms with Gasteiger partial charge in [0.1, 0.15) is 11.9 Å². The summed E-state index contributed by atoms with van der Waals surface area (Å²) in [7, 11) is 0. The number of ether oxygens (including phenoxy) is 1. The van der Waals surface area contributed by atoms with E-state index >= 15 is 0 Å². The van der Waals surface area contributed by atoms with Crippen LogP contribution in [-0.2, 0) is 4.74 Å². The standard InChI is InChI=1S/C18H18FNO2/c1-13-12-22-17(14-6-3-2-4-7-14)11-20(13)18(21)15-8-5-9-16(19)10-15/h2-10,13,17H,11-12H2,1H3. The number of hydrogen-bond acceptors (Lipinski definition) is 2. The van der Waals surface area contributed by atoms with E-state index in [0.29, 0.717) is 18.7 Å².